The summed E-state index contributed by atoms with van der Waals surface area (Å²) in [7, 11) is -3.19. The van der Waals surface area contributed by atoms with Gasteiger partial charge in [-0.1, -0.05) is 83.4 Å². The Labute approximate surface area is 275 Å². The van der Waals surface area contributed by atoms with Crippen molar-refractivity contribution in [3.63, 3.8) is 0 Å². The van der Waals surface area contributed by atoms with Gasteiger partial charge in [0.2, 0.25) is 11.8 Å². The van der Waals surface area contributed by atoms with Crippen molar-refractivity contribution >= 4 is 50.7 Å². The molecule has 0 aliphatic rings. The highest BCUT2D eigenvalue weighted by molar-refractivity contribution is 7.92. The summed E-state index contributed by atoms with van der Waals surface area (Å²) >= 11 is 12.5. The molecular formula is C33H30Cl2F3N3O4S. The number of likely N-dealkylation sites (N-methyl/N-ethyl adjacent to an activating group) is 1. The minimum Gasteiger partial charge on any atom is -0.357 e. The van der Waals surface area contributed by atoms with E-state index in [0.717, 1.165) is 17.7 Å². The number of hydrogen-bond acceptors (Lipinski definition) is 4. The fourth-order valence-electron chi connectivity index (χ4n) is 4.76. The standard InChI is InChI=1S/C33H30Cl2F3N3O4S/c1-22-11-15-28(16-12-22)46(44,45)41(27-10-6-9-25(18-27)33(36,37)38)21-31(42)40(20-24-13-14-26(34)19-29(24)35)30(32(43)39-2)17-23-7-4-3-5-8-23/h3-16,18-19,30H,17,20-21H2,1-2H3,(H,39,43)/t30-/m0/s1. The van der Waals surface area contributed by atoms with Crippen LogP contribution in [0.25, 0.3) is 0 Å². The molecule has 0 radical (unpaired) electrons. The van der Waals surface area contributed by atoms with Crippen LogP contribution < -0.4 is 9.62 Å². The lowest BCUT2D eigenvalue weighted by atomic mass is 10.0. The molecule has 0 saturated carbocycles. The van der Waals surface area contributed by atoms with Crippen molar-refractivity contribution in [3.05, 3.63) is 129 Å². The van der Waals surface area contributed by atoms with Gasteiger partial charge in [0.25, 0.3) is 10.0 Å². The predicted molar refractivity (Wildman–Crippen MR) is 172 cm³/mol. The highest BCUT2D eigenvalue weighted by Gasteiger charge is 2.36. The maximum absolute atomic E-state index is 14.3. The van der Waals surface area contributed by atoms with Gasteiger partial charge in [-0.2, -0.15) is 13.2 Å². The minimum absolute atomic E-state index is 0.0474. The first-order valence-corrected chi connectivity index (χ1v) is 16.2. The number of nitrogens with one attached hydrogen (secondary N) is 1. The maximum atomic E-state index is 14.3. The first-order chi connectivity index (χ1) is 21.7. The zero-order chi connectivity index (χ0) is 33.6. The van der Waals surface area contributed by atoms with Crippen molar-refractivity contribution in [2.24, 2.45) is 0 Å². The monoisotopic (exact) mass is 691 g/mol. The van der Waals surface area contributed by atoms with E-state index >= 15 is 0 Å². The first kappa shape index (κ1) is 34.8. The number of carbonyl (C=O) groups excluding carboxylic acids is 2. The van der Waals surface area contributed by atoms with Crippen molar-refractivity contribution < 1.29 is 31.2 Å². The molecule has 1 N–H and O–H groups in total. The van der Waals surface area contributed by atoms with E-state index in [4.69, 9.17) is 23.2 Å². The van der Waals surface area contributed by atoms with E-state index < -0.39 is 46.2 Å². The van der Waals surface area contributed by atoms with Crippen LogP contribution in [0.2, 0.25) is 10.0 Å². The lowest BCUT2D eigenvalue weighted by Gasteiger charge is -2.34. The number of aryl methyl sites for hydroxylation is 1. The van der Waals surface area contributed by atoms with E-state index in [9.17, 15) is 31.2 Å². The number of amides is 2. The van der Waals surface area contributed by atoms with Crippen LogP contribution in [-0.4, -0.2) is 44.8 Å². The molecule has 0 saturated heterocycles. The van der Waals surface area contributed by atoms with Crippen molar-refractivity contribution in [2.75, 3.05) is 17.9 Å². The second-order valence-electron chi connectivity index (χ2n) is 10.4. The molecule has 7 nitrogen and oxygen atoms in total. The molecular weight excluding hydrogens is 662 g/mol. The average molecular weight is 693 g/mol. The normalized spacial score (nSPS) is 12.3. The van der Waals surface area contributed by atoms with Crippen molar-refractivity contribution in [1.82, 2.24) is 10.2 Å². The second-order valence-corrected chi connectivity index (χ2v) is 13.2. The molecule has 0 bridgehead atoms. The Bertz CT molecular complexity index is 1810. The Morgan fingerprint density at radius 3 is 2.17 bits per heavy atom. The Morgan fingerprint density at radius 1 is 0.891 bits per heavy atom. The van der Waals surface area contributed by atoms with Crippen LogP contribution in [0.4, 0.5) is 18.9 Å². The summed E-state index contributed by atoms with van der Waals surface area (Å²) in [6.45, 7) is 0.585. The molecule has 242 valence electrons. The fourth-order valence-corrected chi connectivity index (χ4v) is 6.63. The van der Waals surface area contributed by atoms with Crippen molar-refractivity contribution in [2.45, 2.75) is 37.0 Å². The maximum Gasteiger partial charge on any atom is 0.416 e. The van der Waals surface area contributed by atoms with Crippen LogP contribution >= 0.6 is 23.2 Å². The third-order valence-electron chi connectivity index (χ3n) is 7.22. The molecule has 0 heterocycles. The zero-order valence-electron chi connectivity index (χ0n) is 24.8. The number of alkyl halides is 3. The quantitative estimate of drug-likeness (QED) is 0.185. The molecule has 4 rings (SSSR count). The number of benzene rings is 4. The summed E-state index contributed by atoms with van der Waals surface area (Å²) in [6.07, 6.45) is -4.73. The van der Waals surface area contributed by atoms with Gasteiger partial charge in [0.05, 0.1) is 16.1 Å². The molecule has 2 amide bonds. The molecule has 0 fully saturated rings. The average Bonchev–Trinajstić information content (AvgIpc) is 3.02. The van der Waals surface area contributed by atoms with Crippen molar-refractivity contribution in [1.29, 1.82) is 0 Å². The van der Waals surface area contributed by atoms with Gasteiger partial charge >= 0.3 is 6.18 Å². The molecule has 0 aliphatic heterocycles. The molecule has 4 aromatic carbocycles. The SMILES string of the molecule is CNC(=O)[C@H](Cc1ccccc1)N(Cc1ccc(Cl)cc1Cl)C(=O)CN(c1cccc(C(F)(F)F)c1)S(=O)(=O)c1ccc(C)cc1. The summed E-state index contributed by atoms with van der Waals surface area (Å²) in [6, 6.07) is 21.7. The Kier molecular flexibility index (Phi) is 11.0. The van der Waals surface area contributed by atoms with Crippen LogP contribution in [0.1, 0.15) is 22.3 Å². The van der Waals surface area contributed by atoms with Gasteiger partial charge in [-0.05, 0) is 60.5 Å². The fraction of sp³-hybridized carbons (Fsp3) is 0.212. The van der Waals surface area contributed by atoms with Gasteiger partial charge in [-0.3, -0.25) is 13.9 Å². The number of nitrogens with zero attached hydrogens (tertiary/aromatic N) is 2. The molecule has 1 atom stereocenters. The summed E-state index contributed by atoms with van der Waals surface area (Å²) in [5.41, 5.74) is 0.388. The number of anilines is 1. The van der Waals surface area contributed by atoms with Crippen molar-refractivity contribution in [3.8, 4) is 0 Å². The van der Waals surface area contributed by atoms with E-state index in [1.54, 1.807) is 49.4 Å². The molecule has 0 aliphatic carbocycles. The molecule has 0 unspecified atom stereocenters. The number of rotatable bonds is 11. The molecule has 13 heteroatoms. The number of hydrogen-bond donors (Lipinski definition) is 1. The van der Waals surface area contributed by atoms with Gasteiger partial charge in [0, 0.05) is 30.1 Å². The summed E-state index contributed by atoms with van der Waals surface area (Å²) in [5.74, 6) is -1.40. The largest absolute Gasteiger partial charge is 0.416 e. The number of carbonyl (C=O) groups is 2. The van der Waals surface area contributed by atoms with Crippen LogP contribution in [0, 0.1) is 6.92 Å². The molecule has 4 aromatic rings. The third-order valence-corrected chi connectivity index (χ3v) is 9.60. The van der Waals surface area contributed by atoms with Gasteiger partial charge < -0.3 is 10.2 Å². The molecule has 0 spiro atoms. The highest BCUT2D eigenvalue weighted by atomic mass is 35.5. The van der Waals surface area contributed by atoms with E-state index in [1.165, 1.54) is 48.3 Å². The highest BCUT2D eigenvalue weighted by Crippen LogP contribution is 2.34. The first-order valence-electron chi connectivity index (χ1n) is 14.0. The summed E-state index contributed by atoms with van der Waals surface area (Å²) in [4.78, 5) is 28.6. The van der Waals surface area contributed by atoms with Gasteiger partial charge in [0.15, 0.2) is 0 Å². The Balaban J connectivity index is 1.85. The minimum atomic E-state index is -4.78. The molecule has 46 heavy (non-hydrogen) atoms. The predicted octanol–water partition coefficient (Wildman–Crippen LogP) is 6.90. The smallest absolute Gasteiger partial charge is 0.357 e. The zero-order valence-corrected chi connectivity index (χ0v) is 27.1. The van der Waals surface area contributed by atoms with Crippen LogP contribution in [0.15, 0.2) is 102 Å². The van der Waals surface area contributed by atoms with Crippen LogP contribution in [0.3, 0.4) is 0 Å². The Hall–Kier alpha value is -4.06. The number of halogens is 5. The van der Waals surface area contributed by atoms with E-state index in [1.807, 2.05) is 0 Å². The second kappa shape index (κ2) is 14.6. The summed E-state index contributed by atoms with van der Waals surface area (Å²) < 4.78 is 69.8. The van der Waals surface area contributed by atoms with E-state index in [0.29, 0.717) is 26.5 Å². The van der Waals surface area contributed by atoms with Crippen LogP contribution in [0.5, 0.6) is 0 Å². The number of sulfonamides is 1. The summed E-state index contributed by atoms with van der Waals surface area (Å²) in [5, 5.41) is 3.09. The molecule has 0 aromatic heterocycles. The third kappa shape index (κ3) is 8.39. The van der Waals surface area contributed by atoms with Gasteiger partial charge in [-0.15, -0.1) is 0 Å². The van der Waals surface area contributed by atoms with Gasteiger partial charge in [-0.25, -0.2) is 8.42 Å². The lowest BCUT2D eigenvalue weighted by Crippen LogP contribution is -2.53. The van der Waals surface area contributed by atoms with Gasteiger partial charge in [0.1, 0.15) is 12.6 Å². The lowest BCUT2D eigenvalue weighted by molar-refractivity contribution is -0.139. The van der Waals surface area contributed by atoms with Crippen LogP contribution in [-0.2, 0) is 38.8 Å². The topological polar surface area (TPSA) is 86.8 Å². The Morgan fingerprint density at radius 2 is 1.57 bits per heavy atom. The van der Waals surface area contributed by atoms with E-state index in [2.05, 4.69) is 5.32 Å². The van der Waals surface area contributed by atoms with E-state index in [-0.39, 0.29) is 28.6 Å².